The van der Waals surface area contributed by atoms with E-state index in [1.807, 2.05) is 13.8 Å². The summed E-state index contributed by atoms with van der Waals surface area (Å²) in [5.41, 5.74) is 0.664. The van der Waals surface area contributed by atoms with Crippen LogP contribution in [0.3, 0.4) is 0 Å². The van der Waals surface area contributed by atoms with Crippen molar-refractivity contribution in [3.8, 4) is 0 Å². The third kappa shape index (κ3) is 3.79. The first-order valence-electron chi connectivity index (χ1n) is 8.45. The third-order valence-electron chi connectivity index (χ3n) is 4.13. The van der Waals surface area contributed by atoms with E-state index in [0.717, 1.165) is 18.6 Å². The molecule has 1 aromatic carbocycles. The maximum absolute atomic E-state index is 13.3. The van der Waals surface area contributed by atoms with Crippen molar-refractivity contribution in [1.29, 1.82) is 0 Å². The van der Waals surface area contributed by atoms with E-state index in [1.54, 1.807) is 24.4 Å². The Hall–Kier alpha value is -3.29. The number of anilines is 1. The zero-order valence-corrected chi connectivity index (χ0v) is 14.8. The molecule has 3 rings (SSSR count). The molecule has 140 valence electrons. The number of pyridine rings is 1. The Morgan fingerprint density at radius 1 is 1.15 bits per heavy atom. The number of fused-ring (bicyclic) bond motifs is 1. The van der Waals surface area contributed by atoms with Gasteiger partial charge in [-0.3, -0.25) is 14.0 Å². The highest BCUT2D eigenvalue weighted by Crippen LogP contribution is 2.17. The molecule has 3 aromatic rings. The van der Waals surface area contributed by atoms with Crippen LogP contribution in [0.2, 0.25) is 0 Å². The molecule has 0 radical (unpaired) electrons. The molecule has 2 amide bonds. The molecular formula is C19H18F2N4O2. The number of carbonyl (C=O) groups is 2. The number of hydrogen-bond donors (Lipinski definition) is 2. The van der Waals surface area contributed by atoms with Gasteiger partial charge in [0.1, 0.15) is 0 Å². The van der Waals surface area contributed by atoms with Crippen LogP contribution in [0, 0.1) is 11.6 Å². The fraction of sp³-hybridized carbons (Fsp3) is 0.211. The molecule has 0 aliphatic heterocycles. The molecule has 0 aliphatic rings. The first kappa shape index (κ1) is 18.5. The molecule has 8 heteroatoms. The minimum absolute atomic E-state index is 0.0374. The van der Waals surface area contributed by atoms with Gasteiger partial charge in [0.05, 0.1) is 5.52 Å². The summed E-state index contributed by atoms with van der Waals surface area (Å²) < 4.78 is 27.9. The lowest BCUT2D eigenvalue weighted by Gasteiger charge is -2.09. The Balaban J connectivity index is 1.95. The highest BCUT2D eigenvalue weighted by molar-refractivity contribution is 6.06. The molecule has 2 heterocycles. The maximum Gasteiger partial charge on any atom is 0.292 e. The predicted octanol–water partition coefficient (Wildman–Crippen LogP) is 3.39. The predicted molar refractivity (Wildman–Crippen MR) is 96.7 cm³/mol. The molecular weight excluding hydrogens is 354 g/mol. The van der Waals surface area contributed by atoms with Gasteiger partial charge in [-0.15, -0.1) is 0 Å². The Labute approximate surface area is 154 Å². The van der Waals surface area contributed by atoms with Crippen molar-refractivity contribution < 1.29 is 18.4 Å². The molecule has 6 nitrogen and oxygen atoms in total. The molecule has 0 saturated heterocycles. The largest absolute Gasteiger partial charge is 0.348 e. The minimum atomic E-state index is -1.07. The fourth-order valence-corrected chi connectivity index (χ4v) is 2.52. The number of nitrogens with zero attached hydrogens (tertiary/aromatic N) is 2. The second kappa shape index (κ2) is 7.53. The minimum Gasteiger partial charge on any atom is -0.348 e. The Bertz CT molecular complexity index is 1020. The average Bonchev–Trinajstić information content (AvgIpc) is 3.04. The highest BCUT2D eigenvalue weighted by Gasteiger charge is 2.22. The summed E-state index contributed by atoms with van der Waals surface area (Å²) in [5, 5.41) is 5.28. The van der Waals surface area contributed by atoms with Gasteiger partial charge in [0.25, 0.3) is 11.8 Å². The summed E-state index contributed by atoms with van der Waals surface area (Å²) in [7, 11) is 0. The van der Waals surface area contributed by atoms with Gasteiger partial charge in [-0.1, -0.05) is 13.0 Å². The van der Waals surface area contributed by atoms with Crippen LogP contribution in [0.4, 0.5) is 14.5 Å². The summed E-state index contributed by atoms with van der Waals surface area (Å²) in [6.45, 7) is 3.81. The van der Waals surface area contributed by atoms with Gasteiger partial charge in [0, 0.05) is 24.0 Å². The zero-order valence-electron chi connectivity index (χ0n) is 14.8. The van der Waals surface area contributed by atoms with Crippen LogP contribution >= 0.6 is 0 Å². The molecule has 0 spiro atoms. The molecule has 27 heavy (non-hydrogen) atoms. The van der Waals surface area contributed by atoms with Gasteiger partial charge in [-0.25, -0.2) is 13.8 Å². The molecule has 1 atom stereocenters. The third-order valence-corrected chi connectivity index (χ3v) is 4.13. The standard InChI is InChI=1S/C19H18F2N4O2/c1-3-11(2)22-18(26)16-15-6-4-5-9-25(15)17(24-16)19(27)23-12-7-8-13(20)14(21)10-12/h4-11H,3H2,1-2H3,(H,22,26)(H,23,27). The van der Waals surface area contributed by atoms with Gasteiger partial charge in [0.15, 0.2) is 17.3 Å². The van der Waals surface area contributed by atoms with Crippen LogP contribution in [0.15, 0.2) is 42.6 Å². The van der Waals surface area contributed by atoms with E-state index in [9.17, 15) is 18.4 Å². The lowest BCUT2D eigenvalue weighted by Crippen LogP contribution is -2.32. The van der Waals surface area contributed by atoms with Crippen LogP contribution in [0.1, 0.15) is 41.4 Å². The summed E-state index contributed by atoms with van der Waals surface area (Å²) >= 11 is 0. The smallest absolute Gasteiger partial charge is 0.292 e. The van der Waals surface area contributed by atoms with Gasteiger partial charge in [0.2, 0.25) is 5.82 Å². The first-order valence-corrected chi connectivity index (χ1v) is 8.45. The van der Waals surface area contributed by atoms with Crippen molar-refractivity contribution in [2.75, 3.05) is 5.32 Å². The van der Waals surface area contributed by atoms with E-state index in [0.29, 0.717) is 5.52 Å². The Morgan fingerprint density at radius 2 is 1.93 bits per heavy atom. The van der Waals surface area contributed by atoms with Crippen molar-refractivity contribution in [2.45, 2.75) is 26.3 Å². The van der Waals surface area contributed by atoms with Crippen LogP contribution in [0.5, 0.6) is 0 Å². The number of nitrogens with one attached hydrogen (secondary N) is 2. The van der Waals surface area contributed by atoms with Crippen molar-refractivity contribution in [2.24, 2.45) is 0 Å². The number of rotatable bonds is 5. The highest BCUT2D eigenvalue weighted by atomic mass is 19.2. The molecule has 0 saturated carbocycles. The van der Waals surface area contributed by atoms with E-state index in [2.05, 4.69) is 15.6 Å². The summed E-state index contributed by atoms with van der Waals surface area (Å²) in [6.07, 6.45) is 2.35. The van der Waals surface area contributed by atoms with E-state index in [1.165, 1.54) is 10.5 Å². The fourth-order valence-electron chi connectivity index (χ4n) is 2.52. The second-order valence-electron chi connectivity index (χ2n) is 6.11. The van der Waals surface area contributed by atoms with Gasteiger partial charge >= 0.3 is 0 Å². The summed E-state index contributed by atoms with van der Waals surface area (Å²) in [5.74, 6) is -3.16. The van der Waals surface area contributed by atoms with Gasteiger partial charge in [-0.2, -0.15) is 0 Å². The zero-order chi connectivity index (χ0) is 19.6. The normalized spacial score (nSPS) is 12.0. The van der Waals surface area contributed by atoms with Crippen molar-refractivity contribution >= 4 is 23.0 Å². The van der Waals surface area contributed by atoms with Crippen LogP contribution < -0.4 is 10.6 Å². The van der Waals surface area contributed by atoms with Crippen LogP contribution in [0.25, 0.3) is 5.52 Å². The van der Waals surface area contributed by atoms with Gasteiger partial charge < -0.3 is 10.6 Å². The number of imidazole rings is 1. The van der Waals surface area contributed by atoms with E-state index in [4.69, 9.17) is 0 Å². The molecule has 0 fully saturated rings. The number of amides is 2. The van der Waals surface area contributed by atoms with Crippen LogP contribution in [-0.4, -0.2) is 27.2 Å². The number of carbonyl (C=O) groups excluding carboxylic acids is 2. The maximum atomic E-state index is 13.3. The van der Waals surface area contributed by atoms with Gasteiger partial charge in [-0.05, 0) is 37.6 Å². The second-order valence-corrected chi connectivity index (χ2v) is 6.11. The number of hydrogen-bond acceptors (Lipinski definition) is 3. The van der Waals surface area contributed by atoms with E-state index in [-0.39, 0.29) is 29.2 Å². The first-order chi connectivity index (χ1) is 12.9. The van der Waals surface area contributed by atoms with Crippen molar-refractivity contribution in [3.05, 3.63) is 65.7 Å². The number of aromatic nitrogens is 2. The van der Waals surface area contributed by atoms with E-state index < -0.39 is 17.5 Å². The quantitative estimate of drug-likeness (QED) is 0.721. The van der Waals surface area contributed by atoms with Crippen molar-refractivity contribution in [1.82, 2.24) is 14.7 Å². The summed E-state index contributed by atoms with van der Waals surface area (Å²) in [4.78, 5) is 29.3. The SMILES string of the molecule is CCC(C)NC(=O)c1nc(C(=O)Nc2ccc(F)c(F)c2)n2ccccc12. The molecule has 2 aromatic heterocycles. The lowest BCUT2D eigenvalue weighted by molar-refractivity contribution is 0.0936. The molecule has 0 bridgehead atoms. The topological polar surface area (TPSA) is 75.5 Å². The monoisotopic (exact) mass is 372 g/mol. The molecule has 0 aliphatic carbocycles. The average molecular weight is 372 g/mol. The Kier molecular flexibility index (Phi) is 5.16. The van der Waals surface area contributed by atoms with Crippen LogP contribution in [-0.2, 0) is 0 Å². The van der Waals surface area contributed by atoms with E-state index >= 15 is 0 Å². The lowest BCUT2D eigenvalue weighted by atomic mass is 10.2. The number of halogens is 2. The number of benzene rings is 1. The molecule has 1 unspecified atom stereocenters. The van der Waals surface area contributed by atoms with Crippen molar-refractivity contribution in [3.63, 3.8) is 0 Å². The summed E-state index contributed by atoms with van der Waals surface area (Å²) in [6, 6.07) is 8.08. The molecule has 2 N–H and O–H groups in total. The Morgan fingerprint density at radius 3 is 2.63 bits per heavy atom.